The van der Waals surface area contributed by atoms with Crippen LogP contribution < -0.4 is 5.32 Å². The van der Waals surface area contributed by atoms with E-state index in [0.717, 1.165) is 42.6 Å². The number of rotatable bonds is 2. The van der Waals surface area contributed by atoms with Crippen molar-refractivity contribution in [3.8, 4) is 0 Å². The molecule has 0 saturated carbocycles. The van der Waals surface area contributed by atoms with E-state index in [2.05, 4.69) is 5.32 Å². The van der Waals surface area contributed by atoms with Gasteiger partial charge in [-0.05, 0) is 62.1 Å². The van der Waals surface area contributed by atoms with Gasteiger partial charge in [0.1, 0.15) is 5.82 Å². The number of hydrogen-bond donors (Lipinski definition) is 2. The highest BCUT2D eigenvalue weighted by Gasteiger charge is 2.25. The van der Waals surface area contributed by atoms with Crippen LogP contribution in [0.5, 0.6) is 0 Å². The van der Waals surface area contributed by atoms with E-state index in [1.807, 2.05) is 13.8 Å². The Labute approximate surface area is 102 Å². The second kappa shape index (κ2) is 5.15. The maximum absolute atomic E-state index is 13.2. The summed E-state index contributed by atoms with van der Waals surface area (Å²) in [6, 6.07) is 3.00. The molecule has 0 spiro atoms. The largest absolute Gasteiger partial charge is 0.388 e. The van der Waals surface area contributed by atoms with E-state index in [9.17, 15) is 9.50 Å². The first-order valence-corrected chi connectivity index (χ1v) is 6.25. The molecule has 17 heavy (non-hydrogen) atoms. The quantitative estimate of drug-likeness (QED) is 0.828. The predicted octanol–water partition coefficient (Wildman–Crippen LogP) is 2.48. The number of aliphatic hydroxyl groups excluding tert-OH is 1. The van der Waals surface area contributed by atoms with Crippen LogP contribution in [0.25, 0.3) is 0 Å². The van der Waals surface area contributed by atoms with Crippen molar-refractivity contribution in [2.45, 2.75) is 32.8 Å². The van der Waals surface area contributed by atoms with Crippen LogP contribution in [0.1, 0.15) is 35.6 Å². The van der Waals surface area contributed by atoms with Crippen molar-refractivity contribution in [3.63, 3.8) is 0 Å². The van der Waals surface area contributed by atoms with Crippen LogP contribution >= 0.6 is 0 Å². The molecule has 0 aromatic heterocycles. The van der Waals surface area contributed by atoms with Crippen LogP contribution in [-0.4, -0.2) is 18.2 Å². The number of hydrogen-bond acceptors (Lipinski definition) is 2. The molecule has 0 aliphatic carbocycles. The normalized spacial score (nSPS) is 22.5. The Balaban J connectivity index is 2.26. The van der Waals surface area contributed by atoms with Gasteiger partial charge in [-0.3, -0.25) is 0 Å². The lowest BCUT2D eigenvalue weighted by atomic mass is 9.85. The Morgan fingerprint density at radius 2 is 2.00 bits per heavy atom. The standard InChI is InChI=1S/C14H20FNO/c1-9-6-12(15)7-10(2)13(9)14(17)11-4-3-5-16-8-11/h6-7,11,14,16-17H,3-5,8H2,1-2H3. The molecule has 2 atom stereocenters. The van der Waals surface area contributed by atoms with Crippen LogP contribution in [0.4, 0.5) is 4.39 Å². The average Bonchev–Trinajstić information content (AvgIpc) is 2.28. The minimum Gasteiger partial charge on any atom is -0.388 e. The summed E-state index contributed by atoms with van der Waals surface area (Å²) in [4.78, 5) is 0. The van der Waals surface area contributed by atoms with Crippen molar-refractivity contribution in [1.82, 2.24) is 5.32 Å². The van der Waals surface area contributed by atoms with Crippen molar-refractivity contribution >= 4 is 0 Å². The molecular weight excluding hydrogens is 217 g/mol. The van der Waals surface area contributed by atoms with Crippen molar-refractivity contribution in [2.75, 3.05) is 13.1 Å². The summed E-state index contributed by atoms with van der Waals surface area (Å²) in [6.07, 6.45) is 1.65. The zero-order valence-electron chi connectivity index (χ0n) is 10.5. The summed E-state index contributed by atoms with van der Waals surface area (Å²) < 4.78 is 13.2. The van der Waals surface area contributed by atoms with Crippen LogP contribution in [0, 0.1) is 25.6 Å². The molecule has 1 aromatic carbocycles. The van der Waals surface area contributed by atoms with Crippen LogP contribution in [0.15, 0.2) is 12.1 Å². The fraction of sp³-hybridized carbons (Fsp3) is 0.571. The lowest BCUT2D eigenvalue weighted by molar-refractivity contribution is 0.0910. The molecule has 0 amide bonds. The van der Waals surface area contributed by atoms with Gasteiger partial charge in [0.15, 0.2) is 0 Å². The molecule has 2 N–H and O–H groups in total. The molecule has 3 heteroatoms. The molecular formula is C14H20FNO. The first-order chi connectivity index (χ1) is 8.09. The molecule has 2 rings (SSSR count). The van der Waals surface area contributed by atoms with Gasteiger partial charge in [0, 0.05) is 12.5 Å². The summed E-state index contributed by atoms with van der Waals surface area (Å²) >= 11 is 0. The minimum atomic E-state index is -0.483. The number of benzene rings is 1. The average molecular weight is 237 g/mol. The van der Waals surface area contributed by atoms with Crippen molar-refractivity contribution in [1.29, 1.82) is 0 Å². The number of aryl methyl sites for hydroxylation is 2. The monoisotopic (exact) mass is 237 g/mol. The lowest BCUT2D eigenvalue weighted by Gasteiger charge is -2.29. The predicted molar refractivity (Wildman–Crippen MR) is 66.4 cm³/mol. The smallest absolute Gasteiger partial charge is 0.123 e. The topological polar surface area (TPSA) is 32.3 Å². The van der Waals surface area contributed by atoms with Crippen molar-refractivity contribution in [3.05, 3.63) is 34.6 Å². The van der Waals surface area contributed by atoms with E-state index in [0.29, 0.717) is 0 Å². The van der Waals surface area contributed by atoms with Crippen molar-refractivity contribution < 1.29 is 9.50 Å². The van der Waals surface area contributed by atoms with E-state index < -0.39 is 6.10 Å². The summed E-state index contributed by atoms with van der Waals surface area (Å²) in [5.41, 5.74) is 2.60. The highest BCUT2D eigenvalue weighted by atomic mass is 19.1. The Morgan fingerprint density at radius 3 is 2.53 bits per heavy atom. The molecule has 0 bridgehead atoms. The molecule has 1 heterocycles. The third-order valence-electron chi connectivity index (χ3n) is 3.64. The molecule has 2 nitrogen and oxygen atoms in total. The molecule has 1 saturated heterocycles. The fourth-order valence-electron chi connectivity index (χ4n) is 2.77. The maximum atomic E-state index is 13.2. The number of nitrogens with one attached hydrogen (secondary N) is 1. The van der Waals surface area contributed by atoms with Gasteiger partial charge in [0.05, 0.1) is 6.10 Å². The Kier molecular flexibility index (Phi) is 3.79. The van der Waals surface area contributed by atoms with Gasteiger partial charge >= 0.3 is 0 Å². The number of piperidine rings is 1. The second-order valence-corrected chi connectivity index (χ2v) is 5.00. The number of halogens is 1. The molecule has 2 unspecified atom stereocenters. The highest BCUT2D eigenvalue weighted by molar-refractivity contribution is 5.36. The molecule has 1 aliphatic heterocycles. The molecule has 1 fully saturated rings. The summed E-state index contributed by atoms with van der Waals surface area (Å²) in [5.74, 6) is 0.0179. The van der Waals surface area contributed by atoms with E-state index in [4.69, 9.17) is 0 Å². The SMILES string of the molecule is Cc1cc(F)cc(C)c1C(O)C1CCCNC1. The first kappa shape index (κ1) is 12.5. The van der Waals surface area contributed by atoms with Gasteiger partial charge in [-0.2, -0.15) is 0 Å². The van der Waals surface area contributed by atoms with Gasteiger partial charge in [-0.15, -0.1) is 0 Å². The van der Waals surface area contributed by atoms with Crippen LogP contribution in [0.2, 0.25) is 0 Å². The van der Waals surface area contributed by atoms with Gasteiger partial charge < -0.3 is 10.4 Å². The van der Waals surface area contributed by atoms with Crippen LogP contribution in [-0.2, 0) is 0 Å². The van der Waals surface area contributed by atoms with Crippen molar-refractivity contribution in [2.24, 2.45) is 5.92 Å². The highest BCUT2D eigenvalue weighted by Crippen LogP contribution is 2.31. The Hall–Kier alpha value is -0.930. The van der Waals surface area contributed by atoms with Gasteiger partial charge in [-0.1, -0.05) is 0 Å². The summed E-state index contributed by atoms with van der Waals surface area (Å²) in [7, 11) is 0. The zero-order valence-corrected chi connectivity index (χ0v) is 10.5. The Morgan fingerprint density at radius 1 is 1.35 bits per heavy atom. The molecule has 0 radical (unpaired) electrons. The third-order valence-corrected chi connectivity index (χ3v) is 3.64. The summed E-state index contributed by atoms with van der Waals surface area (Å²) in [6.45, 7) is 5.61. The van der Waals surface area contributed by atoms with E-state index >= 15 is 0 Å². The van der Waals surface area contributed by atoms with E-state index in [1.165, 1.54) is 12.1 Å². The second-order valence-electron chi connectivity index (χ2n) is 5.00. The van der Waals surface area contributed by atoms with Gasteiger partial charge in [-0.25, -0.2) is 4.39 Å². The maximum Gasteiger partial charge on any atom is 0.123 e. The zero-order chi connectivity index (χ0) is 12.4. The van der Waals surface area contributed by atoms with Crippen LogP contribution in [0.3, 0.4) is 0 Å². The summed E-state index contributed by atoms with van der Waals surface area (Å²) in [5, 5.41) is 13.7. The molecule has 1 aliphatic rings. The van der Waals surface area contributed by atoms with Gasteiger partial charge in [0.2, 0.25) is 0 Å². The number of aliphatic hydroxyl groups is 1. The first-order valence-electron chi connectivity index (χ1n) is 6.25. The fourth-order valence-corrected chi connectivity index (χ4v) is 2.77. The molecule has 1 aromatic rings. The Bertz CT molecular complexity index is 376. The van der Waals surface area contributed by atoms with E-state index in [-0.39, 0.29) is 11.7 Å². The molecule has 94 valence electrons. The van der Waals surface area contributed by atoms with Gasteiger partial charge in [0.25, 0.3) is 0 Å². The minimum absolute atomic E-state index is 0.224. The van der Waals surface area contributed by atoms with E-state index in [1.54, 1.807) is 0 Å². The lowest BCUT2D eigenvalue weighted by Crippen LogP contribution is -2.33. The third kappa shape index (κ3) is 2.67.